The minimum atomic E-state index is 0.336. The standard InChI is InChI=1S/C21H16BrNS/c22-17-11-5-4-10-16(17)21-14-19(15-8-2-1-3-9-15)23-18-12-6-7-13-20(18)24-21/h1-13,21H,14H2/t21-/m0/s1. The Morgan fingerprint density at radius 3 is 2.38 bits per heavy atom. The van der Waals surface area contributed by atoms with E-state index in [9.17, 15) is 0 Å². The molecule has 3 aromatic rings. The molecule has 0 saturated carbocycles. The van der Waals surface area contributed by atoms with Crippen molar-refractivity contribution in [2.24, 2.45) is 4.99 Å². The fourth-order valence-electron chi connectivity index (χ4n) is 2.93. The summed E-state index contributed by atoms with van der Waals surface area (Å²) < 4.78 is 1.16. The Labute approximate surface area is 155 Å². The number of rotatable bonds is 2. The lowest BCUT2D eigenvalue weighted by Crippen LogP contribution is -2.05. The molecule has 0 N–H and O–H groups in total. The molecule has 4 rings (SSSR count). The number of thioether (sulfide) groups is 1. The van der Waals surface area contributed by atoms with E-state index >= 15 is 0 Å². The second kappa shape index (κ2) is 6.96. The summed E-state index contributed by atoms with van der Waals surface area (Å²) in [6, 6.07) is 27.4. The average Bonchev–Trinajstić information content (AvgIpc) is 2.82. The predicted octanol–water partition coefficient (Wildman–Crippen LogP) is 6.81. The van der Waals surface area contributed by atoms with Crippen LogP contribution in [0.1, 0.15) is 22.8 Å². The zero-order chi connectivity index (χ0) is 16.4. The molecular weight excluding hydrogens is 378 g/mol. The van der Waals surface area contributed by atoms with Crippen molar-refractivity contribution >= 4 is 39.1 Å². The SMILES string of the molecule is Brc1ccccc1[C@@H]1CC(c2ccccc2)=Nc2ccccc2S1. The van der Waals surface area contributed by atoms with Crippen LogP contribution in [-0.4, -0.2) is 5.71 Å². The molecule has 0 radical (unpaired) electrons. The predicted molar refractivity (Wildman–Crippen MR) is 106 cm³/mol. The number of aliphatic imine (C=N–C) groups is 1. The summed E-state index contributed by atoms with van der Waals surface area (Å²) >= 11 is 5.62. The highest BCUT2D eigenvalue weighted by molar-refractivity contribution is 9.10. The monoisotopic (exact) mass is 393 g/mol. The van der Waals surface area contributed by atoms with Crippen molar-refractivity contribution in [2.75, 3.05) is 0 Å². The lowest BCUT2D eigenvalue weighted by molar-refractivity contribution is 1.00. The molecule has 1 atom stereocenters. The van der Waals surface area contributed by atoms with Crippen LogP contribution >= 0.6 is 27.7 Å². The Morgan fingerprint density at radius 2 is 1.54 bits per heavy atom. The molecule has 0 amide bonds. The Bertz CT molecular complexity index is 889. The Hall–Kier alpha value is -1.84. The average molecular weight is 394 g/mol. The topological polar surface area (TPSA) is 12.4 Å². The van der Waals surface area contributed by atoms with E-state index in [1.165, 1.54) is 16.0 Å². The van der Waals surface area contributed by atoms with E-state index in [0.717, 1.165) is 22.3 Å². The molecule has 1 nitrogen and oxygen atoms in total. The van der Waals surface area contributed by atoms with Crippen LogP contribution < -0.4 is 0 Å². The number of hydrogen-bond donors (Lipinski definition) is 0. The first kappa shape index (κ1) is 15.7. The maximum Gasteiger partial charge on any atom is 0.0769 e. The molecule has 1 heterocycles. The molecule has 1 aliphatic rings. The highest BCUT2D eigenvalue weighted by Gasteiger charge is 2.23. The second-order valence-corrected chi connectivity index (χ2v) is 7.82. The van der Waals surface area contributed by atoms with Gasteiger partial charge >= 0.3 is 0 Å². The number of para-hydroxylation sites is 1. The summed E-state index contributed by atoms with van der Waals surface area (Å²) in [4.78, 5) is 6.24. The molecule has 3 aromatic carbocycles. The van der Waals surface area contributed by atoms with Crippen molar-refractivity contribution in [2.45, 2.75) is 16.6 Å². The zero-order valence-electron chi connectivity index (χ0n) is 13.0. The van der Waals surface area contributed by atoms with E-state index in [0.29, 0.717) is 5.25 Å². The van der Waals surface area contributed by atoms with Gasteiger partial charge in [0.2, 0.25) is 0 Å². The third kappa shape index (κ3) is 3.19. The van der Waals surface area contributed by atoms with E-state index in [4.69, 9.17) is 4.99 Å². The molecule has 0 spiro atoms. The first-order valence-corrected chi connectivity index (χ1v) is 9.61. The van der Waals surface area contributed by atoms with E-state index in [1.54, 1.807) is 0 Å². The van der Waals surface area contributed by atoms with Crippen LogP contribution in [0.4, 0.5) is 5.69 Å². The minimum Gasteiger partial charge on any atom is -0.252 e. The lowest BCUT2D eigenvalue weighted by Gasteiger charge is -2.17. The van der Waals surface area contributed by atoms with Crippen molar-refractivity contribution in [3.8, 4) is 0 Å². The van der Waals surface area contributed by atoms with Gasteiger partial charge in [-0.15, -0.1) is 11.8 Å². The highest BCUT2D eigenvalue weighted by atomic mass is 79.9. The number of fused-ring (bicyclic) bond motifs is 1. The summed E-state index contributed by atoms with van der Waals surface area (Å²) in [6.07, 6.45) is 0.909. The van der Waals surface area contributed by atoms with Gasteiger partial charge in [0.25, 0.3) is 0 Å². The Balaban J connectivity index is 1.83. The summed E-state index contributed by atoms with van der Waals surface area (Å²) in [5.41, 5.74) is 4.74. The highest BCUT2D eigenvalue weighted by Crippen LogP contribution is 2.46. The number of nitrogens with zero attached hydrogens (tertiary/aromatic N) is 1. The molecule has 3 heteroatoms. The Morgan fingerprint density at radius 1 is 0.833 bits per heavy atom. The molecule has 0 aliphatic carbocycles. The molecule has 0 aromatic heterocycles. The van der Waals surface area contributed by atoms with Crippen LogP contribution in [-0.2, 0) is 0 Å². The van der Waals surface area contributed by atoms with Gasteiger partial charge in [-0.3, -0.25) is 4.99 Å². The molecular formula is C21H16BrNS. The van der Waals surface area contributed by atoms with Gasteiger partial charge in [0.15, 0.2) is 0 Å². The van der Waals surface area contributed by atoms with E-state index in [-0.39, 0.29) is 0 Å². The maximum atomic E-state index is 5.00. The normalized spacial score (nSPS) is 16.9. The maximum absolute atomic E-state index is 5.00. The van der Waals surface area contributed by atoms with Gasteiger partial charge in [0.1, 0.15) is 0 Å². The van der Waals surface area contributed by atoms with Gasteiger partial charge in [0.05, 0.1) is 5.69 Å². The van der Waals surface area contributed by atoms with Gasteiger partial charge in [-0.05, 0) is 29.3 Å². The summed E-state index contributed by atoms with van der Waals surface area (Å²) in [5.74, 6) is 0. The largest absolute Gasteiger partial charge is 0.252 e. The van der Waals surface area contributed by atoms with E-state index in [1.807, 2.05) is 11.8 Å². The van der Waals surface area contributed by atoms with Crippen LogP contribution in [0.2, 0.25) is 0 Å². The van der Waals surface area contributed by atoms with Crippen molar-refractivity contribution in [1.82, 2.24) is 0 Å². The van der Waals surface area contributed by atoms with Gasteiger partial charge in [0, 0.05) is 26.8 Å². The molecule has 0 saturated heterocycles. The summed E-state index contributed by atoms with van der Waals surface area (Å²) in [6.45, 7) is 0. The van der Waals surface area contributed by atoms with Crippen molar-refractivity contribution in [3.05, 3.63) is 94.5 Å². The second-order valence-electron chi connectivity index (χ2n) is 5.72. The van der Waals surface area contributed by atoms with Crippen molar-refractivity contribution < 1.29 is 0 Å². The summed E-state index contributed by atoms with van der Waals surface area (Å²) in [7, 11) is 0. The van der Waals surface area contributed by atoms with Crippen LogP contribution in [0, 0.1) is 0 Å². The van der Waals surface area contributed by atoms with Crippen molar-refractivity contribution in [3.63, 3.8) is 0 Å². The van der Waals surface area contributed by atoms with Gasteiger partial charge in [-0.2, -0.15) is 0 Å². The number of benzene rings is 3. The van der Waals surface area contributed by atoms with Gasteiger partial charge < -0.3 is 0 Å². The molecule has 0 unspecified atom stereocenters. The third-order valence-electron chi connectivity index (χ3n) is 4.13. The van der Waals surface area contributed by atoms with Gasteiger partial charge in [-0.25, -0.2) is 0 Å². The molecule has 24 heavy (non-hydrogen) atoms. The van der Waals surface area contributed by atoms with E-state index < -0.39 is 0 Å². The lowest BCUT2D eigenvalue weighted by atomic mass is 10.0. The first-order valence-electron chi connectivity index (χ1n) is 7.94. The smallest absolute Gasteiger partial charge is 0.0769 e. The Kier molecular flexibility index (Phi) is 4.54. The number of halogens is 1. The molecule has 0 bridgehead atoms. The first-order chi connectivity index (χ1) is 11.8. The minimum absolute atomic E-state index is 0.336. The zero-order valence-corrected chi connectivity index (χ0v) is 15.4. The van der Waals surface area contributed by atoms with Crippen LogP contribution in [0.25, 0.3) is 0 Å². The molecule has 118 valence electrons. The number of hydrogen-bond acceptors (Lipinski definition) is 2. The van der Waals surface area contributed by atoms with Crippen LogP contribution in [0.15, 0.2) is 93.2 Å². The third-order valence-corrected chi connectivity index (χ3v) is 6.15. The van der Waals surface area contributed by atoms with Crippen LogP contribution in [0.3, 0.4) is 0 Å². The van der Waals surface area contributed by atoms with Gasteiger partial charge in [-0.1, -0.05) is 76.6 Å². The molecule has 0 fully saturated rings. The van der Waals surface area contributed by atoms with Crippen LogP contribution in [0.5, 0.6) is 0 Å². The van der Waals surface area contributed by atoms with E-state index in [2.05, 4.69) is 94.8 Å². The quantitative estimate of drug-likeness (QED) is 0.465. The summed E-state index contributed by atoms with van der Waals surface area (Å²) in [5, 5.41) is 0.336. The fraction of sp³-hybridized carbons (Fsp3) is 0.0952. The van der Waals surface area contributed by atoms with Crippen molar-refractivity contribution in [1.29, 1.82) is 0 Å². The fourth-order valence-corrected chi connectivity index (χ4v) is 4.92. The molecule has 1 aliphatic heterocycles.